The van der Waals surface area contributed by atoms with Crippen molar-refractivity contribution in [1.82, 2.24) is 4.57 Å². The van der Waals surface area contributed by atoms with Gasteiger partial charge in [-0.2, -0.15) is 0 Å². The highest BCUT2D eigenvalue weighted by Crippen LogP contribution is 2.46. The van der Waals surface area contributed by atoms with Gasteiger partial charge in [0.2, 0.25) is 0 Å². The summed E-state index contributed by atoms with van der Waals surface area (Å²) >= 11 is 0. The lowest BCUT2D eigenvalue weighted by atomic mass is 9.84. The monoisotopic (exact) mass is 378 g/mol. The second kappa shape index (κ2) is 5.82. The third kappa shape index (κ3) is 2.06. The summed E-state index contributed by atoms with van der Waals surface area (Å²) < 4.78 is 6.89. The number of benzene rings is 1. The number of hydrogen-bond acceptors (Lipinski definition) is 5. The Hall–Kier alpha value is -2.86. The number of pyridine rings is 1. The molecular weight excluding hydrogens is 356 g/mol. The first-order valence-electron chi connectivity index (χ1n) is 9.74. The molecule has 0 spiro atoms. The van der Waals surface area contributed by atoms with E-state index in [9.17, 15) is 14.7 Å². The van der Waals surface area contributed by atoms with Crippen LogP contribution in [0.2, 0.25) is 0 Å². The zero-order valence-electron chi connectivity index (χ0n) is 15.9. The molecule has 4 heterocycles. The highest BCUT2D eigenvalue weighted by Gasteiger charge is 2.46. The van der Waals surface area contributed by atoms with Crippen molar-refractivity contribution in [3.63, 3.8) is 0 Å². The largest absolute Gasteiger partial charge is 0.458 e. The molecular formula is C22H22N2O4. The van der Waals surface area contributed by atoms with Gasteiger partial charge in [0.1, 0.15) is 6.61 Å². The number of nitrogens with zero attached hydrogens (tertiary/aromatic N) is 1. The van der Waals surface area contributed by atoms with Crippen LogP contribution in [-0.2, 0) is 28.3 Å². The van der Waals surface area contributed by atoms with Crippen LogP contribution >= 0.6 is 0 Å². The number of aliphatic hydroxyl groups is 1. The van der Waals surface area contributed by atoms with E-state index in [0.29, 0.717) is 17.7 Å². The Kier molecular flexibility index (Phi) is 3.58. The fourth-order valence-corrected chi connectivity index (χ4v) is 4.81. The van der Waals surface area contributed by atoms with E-state index in [0.717, 1.165) is 17.8 Å². The Morgan fingerprint density at radius 1 is 1.29 bits per heavy atom. The highest BCUT2D eigenvalue weighted by molar-refractivity contribution is 5.85. The molecule has 2 aromatic rings. The van der Waals surface area contributed by atoms with E-state index in [1.165, 1.54) is 16.7 Å². The maximum Gasteiger partial charge on any atom is 0.343 e. The van der Waals surface area contributed by atoms with Crippen LogP contribution < -0.4 is 10.9 Å². The van der Waals surface area contributed by atoms with Gasteiger partial charge in [0.05, 0.1) is 11.6 Å². The van der Waals surface area contributed by atoms with Crippen LogP contribution in [0.25, 0.3) is 5.57 Å². The van der Waals surface area contributed by atoms with E-state index in [2.05, 4.69) is 18.3 Å². The van der Waals surface area contributed by atoms with Gasteiger partial charge in [0, 0.05) is 29.1 Å². The van der Waals surface area contributed by atoms with E-state index in [1.807, 2.05) is 24.3 Å². The third-order valence-electron chi connectivity index (χ3n) is 6.34. The van der Waals surface area contributed by atoms with Crippen molar-refractivity contribution >= 4 is 17.2 Å². The van der Waals surface area contributed by atoms with Crippen molar-refractivity contribution in [3.8, 4) is 0 Å². The van der Waals surface area contributed by atoms with E-state index in [4.69, 9.17) is 4.74 Å². The number of rotatable bonds is 2. The van der Waals surface area contributed by atoms with Gasteiger partial charge in [0.15, 0.2) is 5.60 Å². The molecule has 0 amide bonds. The molecule has 6 nitrogen and oxygen atoms in total. The van der Waals surface area contributed by atoms with Crippen molar-refractivity contribution in [2.75, 3.05) is 5.32 Å². The summed E-state index contributed by atoms with van der Waals surface area (Å²) in [6.45, 7) is 4.26. The lowest BCUT2D eigenvalue weighted by molar-refractivity contribution is -0.172. The summed E-state index contributed by atoms with van der Waals surface area (Å²) in [5.41, 5.74) is 4.24. The molecule has 5 rings (SSSR count). The van der Waals surface area contributed by atoms with Crippen LogP contribution in [-0.4, -0.2) is 15.6 Å². The quantitative estimate of drug-likeness (QED) is 0.786. The number of carbonyl (C=O) groups is 1. The Morgan fingerprint density at radius 3 is 2.82 bits per heavy atom. The third-order valence-corrected chi connectivity index (χ3v) is 6.34. The number of nitrogens with one attached hydrogen (secondary N) is 1. The first-order valence-corrected chi connectivity index (χ1v) is 9.74. The van der Waals surface area contributed by atoms with Crippen molar-refractivity contribution < 1.29 is 14.6 Å². The molecule has 1 unspecified atom stereocenters. The van der Waals surface area contributed by atoms with Gasteiger partial charge in [-0.1, -0.05) is 32.0 Å². The first-order chi connectivity index (χ1) is 13.5. The molecule has 1 aromatic heterocycles. The van der Waals surface area contributed by atoms with Crippen LogP contribution in [0, 0.1) is 0 Å². The molecule has 144 valence electrons. The van der Waals surface area contributed by atoms with E-state index >= 15 is 0 Å². The number of para-hydroxylation sites is 1. The number of ether oxygens (including phenoxy) is 1. The Balaban J connectivity index is 1.75. The lowest BCUT2D eigenvalue weighted by Crippen LogP contribution is -2.44. The second-order valence-corrected chi connectivity index (χ2v) is 7.62. The summed E-state index contributed by atoms with van der Waals surface area (Å²) in [5.74, 6) is -0.684. The van der Waals surface area contributed by atoms with Crippen LogP contribution in [0.15, 0.2) is 40.7 Å². The van der Waals surface area contributed by atoms with Crippen molar-refractivity contribution in [3.05, 3.63) is 68.6 Å². The molecule has 0 saturated heterocycles. The van der Waals surface area contributed by atoms with E-state index in [-0.39, 0.29) is 24.6 Å². The Morgan fingerprint density at radius 2 is 2.07 bits per heavy atom. The van der Waals surface area contributed by atoms with E-state index in [1.54, 1.807) is 11.5 Å². The average Bonchev–Trinajstić information content (AvgIpc) is 3.08. The zero-order chi connectivity index (χ0) is 19.6. The molecule has 3 aliphatic rings. The Labute approximate surface area is 162 Å². The molecule has 0 fully saturated rings. The van der Waals surface area contributed by atoms with Gasteiger partial charge >= 0.3 is 5.97 Å². The van der Waals surface area contributed by atoms with Gasteiger partial charge in [-0.25, -0.2) is 4.79 Å². The number of fused-ring (bicyclic) bond motifs is 5. The van der Waals surface area contributed by atoms with Crippen LogP contribution in [0.3, 0.4) is 0 Å². The summed E-state index contributed by atoms with van der Waals surface area (Å²) in [6, 6.07) is 9.84. The summed E-state index contributed by atoms with van der Waals surface area (Å²) in [7, 11) is 0. The first kappa shape index (κ1) is 17.3. The topological polar surface area (TPSA) is 80.6 Å². The van der Waals surface area contributed by atoms with Gasteiger partial charge in [-0.05, 0) is 36.1 Å². The summed E-state index contributed by atoms with van der Waals surface area (Å²) in [6.07, 6.45) is 1.03. The Bertz CT molecular complexity index is 1110. The maximum absolute atomic E-state index is 13.2. The molecule has 1 aromatic carbocycles. The number of aromatic nitrogens is 1. The van der Waals surface area contributed by atoms with Crippen LogP contribution in [0.1, 0.15) is 55.1 Å². The molecule has 3 aliphatic heterocycles. The van der Waals surface area contributed by atoms with Gasteiger partial charge < -0.3 is 19.7 Å². The fraction of sp³-hybridized carbons (Fsp3) is 0.364. The predicted molar refractivity (Wildman–Crippen MR) is 105 cm³/mol. The molecule has 2 N–H and O–H groups in total. The molecule has 2 atom stereocenters. The van der Waals surface area contributed by atoms with E-state index < -0.39 is 11.6 Å². The van der Waals surface area contributed by atoms with Crippen LogP contribution in [0.4, 0.5) is 5.69 Å². The number of anilines is 1. The second-order valence-electron chi connectivity index (χ2n) is 7.62. The average molecular weight is 378 g/mol. The summed E-state index contributed by atoms with van der Waals surface area (Å²) in [5, 5.41) is 14.5. The smallest absolute Gasteiger partial charge is 0.343 e. The SMILES string of the molecule is CCC1=C2Cn3c(cc4c(c3=O)COC(=O)[C@]4(O)CC)C2Nc2ccccc21. The number of cyclic esters (lactones) is 1. The van der Waals surface area contributed by atoms with Crippen molar-refractivity contribution in [2.24, 2.45) is 0 Å². The van der Waals surface area contributed by atoms with Gasteiger partial charge in [-0.3, -0.25) is 4.79 Å². The molecule has 6 heteroatoms. The molecule has 0 radical (unpaired) electrons. The fourth-order valence-electron chi connectivity index (χ4n) is 4.81. The minimum atomic E-state index is -1.77. The predicted octanol–water partition coefficient (Wildman–Crippen LogP) is 2.85. The standard InChI is InChI=1S/C22H22N2O4/c1-3-12-13-7-5-6-8-17(13)23-19-14(12)10-24-18(19)9-16-15(20(24)25)11-28-21(26)22(16,27)4-2/h5-9,19,23,27H,3-4,10-11H2,1-2H3/t19?,22-/m0/s1. The molecule has 0 saturated carbocycles. The molecule has 0 aliphatic carbocycles. The lowest BCUT2D eigenvalue weighted by Gasteiger charge is -2.32. The van der Waals surface area contributed by atoms with Gasteiger partial charge in [-0.15, -0.1) is 0 Å². The summed E-state index contributed by atoms with van der Waals surface area (Å²) in [4.78, 5) is 25.5. The van der Waals surface area contributed by atoms with Crippen molar-refractivity contribution in [1.29, 1.82) is 0 Å². The zero-order valence-corrected chi connectivity index (χ0v) is 15.9. The number of allylic oxidation sites excluding steroid dienone is 1. The number of hydrogen-bond donors (Lipinski definition) is 2. The van der Waals surface area contributed by atoms with Crippen molar-refractivity contribution in [2.45, 2.75) is 51.5 Å². The minimum absolute atomic E-state index is 0.0897. The molecule has 0 bridgehead atoms. The normalized spacial score (nSPS) is 24.7. The van der Waals surface area contributed by atoms with Crippen LogP contribution in [0.5, 0.6) is 0 Å². The number of esters is 1. The highest BCUT2D eigenvalue weighted by atomic mass is 16.6. The maximum atomic E-state index is 13.2. The minimum Gasteiger partial charge on any atom is -0.458 e. The van der Waals surface area contributed by atoms with Gasteiger partial charge in [0.25, 0.3) is 5.56 Å². The molecule has 28 heavy (non-hydrogen) atoms. The number of carbonyl (C=O) groups excluding carboxylic acids is 1.